The van der Waals surface area contributed by atoms with Gasteiger partial charge in [-0.1, -0.05) is 12.1 Å². The molecule has 1 atom stereocenters. The van der Waals surface area contributed by atoms with Gasteiger partial charge in [-0.15, -0.1) is 11.3 Å². The van der Waals surface area contributed by atoms with Gasteiger partial charge in [0.2, 0.25) is 0 Å². The lowest BCUT2D eigenvalue weighted by molar-refractivity contribution is 0.462. The fourth-order valence-electron chi connectivity index (χ4n) is 4.74. The quantitative estimate of drug-likeness (QED) is 0.445. The number of nitrogens with one attached hydrogen (secondary N) is 1. The number of aromatic nitrogens is 4. The highest BCUT2D eigenvalue weighted by atomic mass is 32.1. The van der Waals surface area contributed by atoms with E-state index < -0.39 is 0 Å². The molecule has 1 N–H and O–H groups in total. The molecule has 1 aliphatic rings. The van der Waals surface area contributed by atoms with Gasteiger partial charge in [-0.3, -0.25) is 14.0 Å². The van der Waals surface area contributed by atoms with Crippen LogP contribution in [0.5, 0.6) is 0 Å². The predicted molar refractivity (Wildman–Crippen MR) is 129 cm³/mol. The Bertz CT molecular complexity index is 1350. The van der Waals surface area contributed by atoms with E-state index in [-0.39, 0.29) is 11.4 Å². The fourth-order valence-corrected chi connectivity index (χ4v) is 5.99. The molecule has 0 aliphatic heterocycles. The van der Waals surface area contributed by atoms with Crippen molar-refractivity contribution in [3.05, 3.63) is 80.2 Å². The molecule has 0 bridgehead atoms. The fraction of sp³-hybridized carbons (Fsp3) is 0.400. The van der Waals surface area contributed by atoms with Crippen molar-refractivity contribution in [2.45, 2.75) is 65.2 Å². The normalized spacial score (nSPS) is 15.8. The molecule has 3 heterocycles. The van der Waals surface area contributed by atoms with Crippen LogP contribution in [0.25, 0.3) is 10.2 Å². The van der Waals surface area contributed by atoms with Crippen LogP contribution in [0, 0.1) is 19.7 Å². The molecule has 0 radical (unpaired) electrons. The molecule has 0 saturated carbocycles. The Kier molecular flexibility index (Phi) is 6.12. The summed E-state index contributed by atoms with van der Waals surface area (Å²) in [5, 5.41) is 8.85. The number of hydrogen-bond acceptors (Lipinski definition) is 5. The van der Waals surface area contributed by atoms with Gasteiger partial charge in [0, 0.05) is 36.2 Å². The number of fused-ring (bicyclic) bond motifs is 3. The summed E-state index contributed by atoms with van der Waals surface area (Å²) < 4.78 is 17.2. The number of aryl methyl sites for hydroxylation is 5. The van der Waals surface area contributed by atoms with Gasteiger partial charge in [0.25, 0.3) is 5.56 Å². The van der Waals surface area contributed by atoms with Crippen molar-refractivity contribution in [1.82, 2.24) is 24.6 Å². The molecule has 1 aliphatic carbocycles. The Hall–Kier alpha value is -2.84. The second kappa shape index (κ2) is 9.19. The van der Waals surface area contributed by atoms with E-state index in [9.17, 15) is 9.18 Å². The van der Waals surface area contributed by atoms with Crippen LogP contribution in [0.3, 0.4) is 0 Å². The number of benzene rings is 1. The van der Waals surface area contributed by atoms with Crippen molar-refractivity contribution in [2.75, 3.05) is 0 Å². The third-order valence-corrected chi connectivity index (χ3v) is 7.55. The van der Waals surface area contributed by atoms with Crippen LogP contribution in [-0.4, -0.2) is 25.4 Å². The van der Waals surface area contributed by atoms with Crippen molar-refractivity contribution < 1.29 is 4.39 Å². The zero-order valence-electron chi connectivity index (χ0n) is 19.0. The molecular formula is C25H28FN5OS. The van der Waals surface area contributed by atoms with Crippen LogP contribution in [0.1, 0.15) is 40.2 Å². The third-order valence-electron chi connectivity index (χ3n) is 6.39. The van der Waals surface area contributed by atoms with E-state index in [0.717, 1.165) is 59.4 Å². The summed E-state index contributed by atoms with van der Waals surface area (Å²) in [5.74, 6) is -0.207. The smallest absolute Gasteiger partial charge is 0.262 e. The number of rotatable bonds is 7. The summed E-state index contributed by atoms with van der Waals surface area (Å²) in [6.07, 6.45) is 5.22. The molecule has 1 aromatic carbocycles. The van der Waals surface area contributed by atoms with E-state index in [0.29, 0.717) is 19.1 Å². The summed E-state index contributed by atoms with van der Waals surface area (Å²) >= 11 is 1.64. The lowest BCUT2D eigenvalue weighted by Crippen LogP contribution is -2.33. The van der Waals surface area contributed by atoms with Crippen LogP contribution in [-0.2, 0) is 32.5 Å². The summed E-state index contributed by atoms with van der Waals surface area (Å²) in [5.41, 5.74) is 4.34. The maximum atomic E-state index is 13.4. The first-order valence-electron chi connectivity index (χ1n) is 11.5. The summed E-state index contributed by atoms with van der Waals surface area (Å²) in [6, 6.07) is 9.10. The molecule has 0 fully saturated rings. The molecule has 4 aromatic rings. The molecule has 0 saturated heterocycles. The zero-order valence-corrected chi connectivity index (χ0v) is 19.8. The van der Waals surface area contributed by atoms with Crippen molar-refractivity contribution in [3.8, 4) is 0 Å². The molecule has 33 heavy (non-hydrogen) atoms. The van der Waals surface area contributed by atoms with E-state index in [2.05, 4.69) is 28.4 Å². The average Bonchev–Trinajstić information content (AvgIpc) is 3.32. The molecule has 5 rings (SSSR count). The minimum atomic E-state index is -0.207. The summed E-state index contributed by atoms with van der Waals surface area (Å²) in [4.78, 5) is 20.0. The molecule has 1 unspecified atom stereocenters. The summed E-state index contributed by atoms with van der Waals surface area (Å²) in [7, 11) is 0. The maximum Gasteiger partial charge on any atom is 0.262 e. The molecular weight excluding hydrogens is 437 g/mol. The average molecular weight is 466 g/mol. The lowest BCUT2D eigenvalue weighted by Gasteiger charge is -2.23. The highest BCUT2D eigenvalue weighted by Gasteiger charge is 2.25. The number of thiophene rings is 1. The van der Waals surface area contributed by atoms with Crippen LogP contribution >= 0.6 is 11.3 Å². The van der Waals surface area contributed by atoms with Gasteiger partial charge in [0.1, 0.15) is 10.6 Å². The second-order valence-corrected chi connectivity index (χ2v) is 9.97. The van der Waals surface area contributed by atoms with E-state index in [4.69, 9.17) is 0 Å². The van der Waals surface area contributed by atoms with Crippen molar-refractivity contribution >= 4 is 21.6 Å². The van der Waals surface area contributed by atoms with Gasteiger partial charge in [-0.05, 0) is 68.9 Å². The van der Waals surface area contributed by atoms with Crippen molar-refractivity contribution in [3.63, 3.8) is 0 Å². The van der Waals surface area contributed by atoms with E-state index in [1.54, 1.807) is 34.4 Å². The van der Waals surface area contributed by atoms with E-state index >= 15 is 0 Å². The second-order valence-electron chi connectivity index (χ2n) is 8.88. The first-order valence-corrected chi connectivity index (χ1v) is 12.3. The topological polar surface area (TPSA) is 64.7 Å². The Labute approximate surface area is 196 Å². The highest BCUT2D eigenvalue weighted by Crippen LogP contribution is 2.33. The number of hydrogen-bond donors (Lipinski definition) is 1. The Morgan fingerprint density at radius 2 is 2.12 bits per heavy atom. The van der Waals surface area contributed by atoms with Gasteiger partial charge in [0.15, 0.2) is 0 Å². The van der Waals surface area contributed by atoms with Crippen LogP contribution < -0.4 is 10.9 Å². The largest absolute Gasteiger partial charge is 0.310 e. The minimum absolute atomic E-state index is 0.0667. The number of nitrogens with zero attached hydrogens (tertiary/aromatic N) is 4. The van der Waals surface area contributed by atoms with Gasteiger partial charge in [-0.25, -0.2) is 9.37 Å². The van der Waals surface area contributed by atoms with Crippen LogP contribution in [0.15, 0.2) is 41.5 Å². The number of halogens is 1. The molecule has 172 valence electrons. The zero-order chi connectivity index (χ0) is 22.9. The predicted octanol–water partition coefficient (Wildman–Crippen LogP) is 4.15. The highest BCUT2D eigenvalue weighted by molar-refractivity contribution is 7.18. The SMILES string of the molecule is Cc1cc(C)n(CCCn2cnc3sc4c(c3c2=O)CCC(NCc2cccc(F)c2)C4)n1. The summed E-state index contributed by atoms with van der Waals surface area (Å²) in [6.45, 7) is 6.10. The minimum Gasteiger partial charge on any atom is -0.310 e. The van der Waals surface area contributed by atoms with Crippen LogP contribution in [0.2, 0.25) is 0 Å². The standard InChI is InChI=1S/C25H28FN5OS/c1-16-11-17(2)31(29-16)10-4-9-30-15-28-24-23(25(30)32)21-8-7-20(13-22(21)33-24)27-14-18-5-3-6-19(26)12-18/h3,5-6,11-12,15,20,27H,4,7-10,13-14H2,1-2H3. The van der Waals surface area contributed by atoms with Gasteiger partial charge < -0.3 is 5.32 Å². The van der Waals surface area contributed by atoms with Crippen molar-refractivity contribution in [2.24, 2.45) is 0 Å². The molecule has 3 aromatic heterocycles. The molecule has 0 spiro atoms. The van der Waals surface area contributed by atoms with Gasteiger partial charge in [0.05, 0.1) is 17.4 Å². The van der Waals surface area contributed by atoms with Crippen molar-refractivity contribution in [1.29, 1.82) is 0 Å². The first kappa shape index (κ1) is 22.0. The van der Waals surface area contributed by atoms with E-state index in [1.807, 2.05) is 17.7 Å². The Morgan fingerprint density at radius 3 is 2.91 bits per heavy atom. The van der Waals surface area contributed by atoms with Gasteiger partial charge >= 0.3 is 0 Å². The third kappa shape index (κ3) is 4.63. The monoisotopic (exact) mass is 465 g/mol. The Morgan fingerprint density at radius 1 is 1.24 bits per heavy atom. The van der Waals surface area contributed by atoms with E-state index in [1.165, 1.54) is 16.5 Å². The lowest BCUT2D eigenvalue weighted by atomic mass is 9.93. The molecule has 6 nitrogen and oxygen atoms in total. The molecule has 8 heteroatoms. The molecule has 0 amide bonds. The van der Waals surface area contributed by atoms with Gasteiger partial charge in [-0.2, -0.15) is 5.10 Å². The first-order chi connectivity index (χ1) is 16.0. The Balaban J connectivity index is 1.27. The maximum absolute atomic E-state index is 13.4. The van der Waals surface area contributed by atoms with Crippen LogP contribution in [0.4, 0.5) is 4.39 Å².